The van der Waals surface area contributed by atoms with Gasteiger partial charge in [-0.05, 0) is 36.8 Å². The van der Waals surface area contributed by atoms with Crippen LogP contribution in [0.25, 0.3) is 0 Å². The predicted molar refractivity (Wildman–Crippen MR) is 82.7 cm³/mol. The highest BCUT2D eigenvalue weighted by molar-refractivity contribution is 6.30. The lowest BCUT2D eigenvalue weighted by Crippen LogP contribution is -2.16. The van der Waals surface area contributed by atoms with Crippen molar-refractivity contribution >= 4 is 28.9 Å². The monoisotopic (exact) mass is 289 g/mol. The largest absolute Gasteiger partial charge is 0.377 e. The van der Waals surface area contributed by atoms with Crippen LogP contribution < -0.4 is 10.2 Å². The summed E-state index contributed by atoms with van der Waals surface area (Å²) in [6.07, 6.45) is 1.46. The Kier molecular flexibility index (Phi) is 4.25. The Morgan fingerprint density at radius 2 is 2.00 bits per heavy atom. The molecule has 104 valence electrons. The number of rotatable bonds is 3. The topological polar surface area (TPSA) is 45.2 Å². The summed E-state index contributed by atoms with van der Waals surface area (Å²) in [6.45, 7) is 1.97. The Balaban J connectivity index is 2.24. The number of benzene rings is 1. The molecule has 0 radical (unpaired) electrons. The van der Waals surface area contributed by atoms with Gasteiger partial charge in [0.2, 0.25) is 0 Å². The van der Waals surface area contributed by atoms with Gasteiger partial charge in [-0.1, -0.05) is 17.7 Å². The summed E-state index contributed by atoms with van der Waals surface area (Å²) in [5, 5.41) is 3.38. The Morgan fingerprint density at radius 1 is 1.25 bits per heavy atom. The van der Waals surface area contributed by atoms with Gasteiger partial charge < -0.3 is 10.2 Å². The van der Waals surface area contributed by atoms with Gasteiger partial charge in [0.05, 0.1) is 5.02 Å². The van der Waals surface area contributed by atoms with Crippen LogP contribution in [-0.2, 0) is 0 Å². The van der Waals surface area contributed by atoms with E-state index in [1.165, 1.54) is 6.20 Å². The highest BCUT2D eigenvalue weighted by atomic mass is 35.5. The SMILES string of the molecule is Cc1c(NC(=O)c2ccc(Cl)cn2)cccc1N(C)C. The fraction of sp³-hybridized carbons (Fsp3) is 0.200. The molecule has 1 aromatic heterocycles. The third-order valence-electron chi connectivity index (χ3n) is 3.00. The molecular weight excluding hydrogens is 274 g/mol. The molecule has 5 heteroatoms. The number of carbonyl (C=O) groups is 1. The van der Waals surface area contributed by atoms with Gasteiger partial charge in [0.1, 0.15) is 5.69 Å². The second-order valence-corrected chi connectivity index (χ2v) is 5.10. The van der Waals surface area contributed by atoms with E-state index in [1.54, 1.807) is 12.1 Å². The van der Waals surface area contributed by atoms with E-state index in [2.05, 4.69) is 10.3 Å². The van der Waals surface area contributed by atoms with Gasteiger partial charge in [-0.2, -0.15) is 0 Å². The molecule has 1 N–H and O–H groups in total. The molecule has 1 amide bonds. The number of nitrogens with one attached hydrogen (secondary N) is 1. The van der Waals surface area contributed by atoms with Crippen LogP contribution in [0.5, 0.6) is 0 Å². The minimum Gasteiger partial charge on any atom is -0.377 e. The van der Waals surface area contributed by atoms with Crippen molar-refractivity contribution < 1.29 is 4.79 Å². The van der Waals surface area contributed by atoms with Gasteiger partial charge in [0.15, 0.2) is 0 Å². The molecule has 2 aromatic rings. The highest BCUT2D eigenvalue weighted by Crippen LogP contribution is 2.25. The molecule has 2 rings (SSSR count). The summed E-state index contributed by atoms with van der Waals surface area (Å²) < 4.78 is 0. The summed E-state index contributed by atoms with van der Waals surface area (Å²) in [5.41, 5.74) is 3.19. The van der Waals surface area contributed by atoms with Crippen molar-refractivity contribution in [1.82, 2.24) is 4.98 Å². The Labute approximate surface area is 123 Å². The summed E-state index contributed by atoms with van der Waals surface area (Å²) in [4.78, 5) is 18.1. The van der Waals surface area contributed by atoms with Crippen LogP contribution in [0.4, 0.5) is 11.4 Å². The first kappa shape index (κ1) is 14.3. The average molecular weight is 290 g/mol. The fourth-order valence-electron chi connectivity index (χ4n) is 1.94. The molecule has 0 aliphatic carbocycles. The van der Waals surface area contributed by atoms with Crippen molar-refractivity contribution in [1.29, 1.82) is 0 Å². The zero-order valence-electron chi connectivity index (χ0n) is 11.6. The standard InChI is InChI=1S/C15H16ClN3O/c1-10-12(5-4-6-14(10)19(2)3)18-15(20)13-8-7-11(16)9-17-13/h4-9H,1-3H3,(H,18,20). The number of halogens is 1. The molecule has 0 spiro atoms. The van der Waals surface area contributed by atoms with Crippen LogP contribution >= 0.6 is 11.6 Å². The summed E-state index contributed by atoms with van der Waals surface area (Å²) >= 11 is 5.76. The number of anilines is 2. The average Bonchev–Trinajstić information content (AvgIpc) is 2.41. The fourth-order valence-corrected chi connectivity index (χ4v) is 2.05. The first-order valence-electron chi connectivity index (χ1n) is 6.19. The van der Waals surface area contributed by atoms with Gasteiger partial charge in [-0.15, -0.1) is 0 Å². The second-order valence-electron chi connectivity index (χ2n) is 4.66. The van der Waals surface area contributed by atoms with E-state index in [0.29, 0.717) is 10.7 Å². The van der Waals surface area contributed by atoms with Crippen LogP contribution in [0.15, 0.2) is 36.5 Å². The number of aromatic nitrogens is 1. The zero-order valence-corrected chi connectivity index (χ0v) is 12.4. The minimum atomic E-state index is -0.249. The number of pyridine rings is 1. The van der Waals surface area contributed by atoms with Crippen LogP contribution in [0.3, 0.4) is 0 Å². The van der Waals surface area contributed by atoms with Crippen molar-refractivity contribution in [2.45, 2.75) is 6.92 Å². The maximum absolute atomic E-state index is 12.1. The Morgan fingerprint density at radius 3 is 2.60 bits per heavy atom. The predicted octanol–water partition coefficient (Wildman–Crippen LogP) is 3.36. The number of hydrogen-bond acceptors (Lipinski definition) is 3. The van der Waals surface area contributed by atoms with Crippen LogP contribution in [-0.4, -0.2) is 25.0 Å². The summed E-state index contributed by atoms with van der Waals surface area (Å²) in [7, 11) is 3.93. The van der Waals surface area contributed by atoms with Gasteiger partial charge >= 0.3 is 0 Å². The van der Waals surface area contributed by atoms with Crippen molar-refractivity contribution in [3.05, 3.63) is 52.8 Å². The number of nitrogens with zero attached hydrogens (tertiary/aromatic N) is 2. The van der Waals surface area contributed by atoms with Crippen LogP contribution in [0.1, 0.15) is 16.1 Å². The summed E-state index contributed by atoms with van der Waals surface area (Å²) in [5.74, 6) is -0.249. The molecule has 0 saturated heterocycles. The molecule has 20 heavy (non-hydrogen) atoms. The third-order valence-corrected chi connectivity index (χ3v) is 3.22. The van der Waals surface area contributed by atoms with E-state index >= 15 is 0 Å². The molecular formula is C15H16ClN3O. The van der Waals surface area contributed by atoms with E-state index in [-0.39, 0.29) is 5.91 Å². The molecule has 4 nitrogen and oxygen atoms in total. The van der Waals surface area contributed by atoms with Crippen molar-refractivity contribution in [3.63, 3.8) is 0 Å². The molecule has 0 bridgehead atoms. The van der Waals surface area contributed by atoms with Crippen molar-refractivity contribution in [2.75, 3.05) is 24.3 Å². The van der Waals surface area contributed by atoms with E-state index in [9.17, 15) is 4.79 Å². The van der Waals surface area contributed by atoms with Gasteiger partial charge in [-0.25, -0.2) is 4.98 Å². The maximum atomic E-state index is 12.1. The van der Waals surface area contributed by atoms with E-state index < -0.39 is 0 Å². The normalized spacial score (nSPS) is 10.2. The van der Waals surface area contributed by atoms with Crippen molar-refractivity contribution in [2.24, 2.45) is 0 Å². The lowest BCUT2D eigenvalue weighted by Gasteiger charge is -2.18. The number of amides is 1. The molecule has 0 unspecified atom stereocenters. The van der Waals surface area contributed by atoms with Gasteiger partial charge in [0, 0.05) is 31.7 Å². The molecule has 0 saturated carbocycles. The smallest absolute Gasteiger partial charge is 0.274 e. The number of hydrogen-bond donors (Lipinski definition) is 1. The molecule has 0 fully saturated rings. The van der Waals surface area contributed by atoms with Crippen molar-refractivity contribution in [3.8, 4) is 0 Å². The van der Waals surface area contributed by atoms with Gasteiger partial charge in [-0.3, -0.25) is 4.79 Å². The lowest BCUT2D eigenvalue weighted by atomic mass is 10.1. The van der Waals surface area contributed by atoms with E-state index in [0.717, 1.165) is 16.9 Å². The molecule has 1 aromatic carbocycles. The Bertz CT molecular complexity index is 624. The molecule has 0 aliphatic rings. The first-order chi connectivity index (χ1) is 9.49. The molecule has 1 heterocycles. The summed E-state index contributed by atoms with van der Waals surface area (Å²) in [6, 6.07) is 9.03. The quantitative estimate of drug-likeness (QED) is 0.942. The van der Waals surface area contributed by atoms with E-state index in [4.69, 9.17) is 11.6 Å². The highest BCUT2D eigenvalue weighted by Gasteiger charge is 2.11. The van der Waals surface area contributed by atoms with E-state index in [1.807, 2.05) is 44.1 Å². The lowest BCUT2D eigenvalue weighted by molar-refractivity contribution is 0.102. The molecule has 0 aliphatic heterocycles. The molecule has 0 atom stereocenters. The number of carbonyl (C=O) groups excluding carboxylic acids is 1. The minimum absolute atomic E-state index is 0.249. The third kappa shape index (κ3) is 3.08. The first-order valence-corrected chi connectivity index (χ1v) is 6.56. The second kappa shape index (κ2) is 5.92. The maximum Gasteiger partial charge on any atom is 0.274 e. The van der Waals surface area contributed by atoms with Gasteiger partial charge in [0.25, 0.3) is 5.91 Å². The Hall–Kier alpha value is -2.07. The zero-order chi connectivity index (χ0) is 14.7. The van der Waals surface area contributed by atoms with Crippen LogP contribution in [0.2, 0.25) is 5.02 Å². The van der Waals surface area contributed by atoms with Crippen LogP contribution in [0, 0.1) is 6.92 Å².